The van der Waals surface area contributed by atoms with Crippen LogP contribution < -0.4 is 15.1 Å². The third-order valence-corrected chi connectivity index (χ3v) is 6.44. The average molecular weight is 453 g/mol. The van der Waals surface area contributed by atoms with Crippen molar-refractivity contribution in [2.75, 3.05) is 22.9 Å². The summed E-state index contributed by atoms with van der Waals surface area (Å²) in [6, 6.07) is 6.61. The molecule has 28 heavy (non-hydrogen) atoms. The maximum atomic E-state index is 13.0. The first kappa shape index (κ1) is 19.3. The minimum Gasteiger partial charge on any atom is -0.348 e. The summed E-state index contributed by atoms with van der Waals surface area (Å²) in [6.07, 6.45) is 3.70. The molecule has 0 spiro atoms. The first-order valence-electron chi connectivity index (χ1n) is 8.52. The van der Waals surface area contributed by atoms with Crippen molar-refractivity contribution in [1.29, 1.82) is 0 Å². The Hall–Kier alpha value is -2.00. The fraction of sp³-hybridized carbons (Fsp3) is 0.222. The molecular weight excluding hydrogens is 439 g/mol. The molecule has 1 N–H and O–H groups in total. The standard InChI is InChI=1S/C18H14Cl2N4O2S2/c19-10-3-5-11(6-4-10)24-16(26)12(15(25)22-17(24)27)9-13-14(20)21-18(28-13)23-7-1-2-8-23/h3-6,9H,1-2,7-8H2,(H,22,25,27). The van der Waals surface area contributed by atoms with Crippen molar-refractivity contribution in [3.8, 4) is 0 Å². The van der Waals surface area contributed by atoms with E-state index in [2.05, 4.69) is 15.2 Å². The number of benzene rings is 1. The highest BCUT2D eigenvalue weighted by Gasteiger charge is 2.35. The van der Waals surface area contributed by atoms with Gasteiger partial charge in [0.15, 0.2) is 10.2 Å². The molecule has 0 atom stereocenters. The number of halogens is 2. The number of thiazole rings is 1. The normalized spacial score (nSPS) is 18.9. The molecule has 144 valence electrons. The Bertz CT molecular complexity index is 998. The highest BCUT2D eigenvalue weighted by molar-refractivity contribution is 7.80. The third kappa shape index (κ3) is 3.65. The van der Waals surface area contributed by atoms with Crippen molar-refractivity contribution in [3.63, 3.8) is 0 Å². The van der Waals surface area contributed by atoms with Gasteiger partial charge in [-0.1, -0.05) is 34.5 Å². The van der Waals surface area contributed by atoms with Crippen molar-refractivity contribution in [3.05, 3.63) is 44.9 Å². The zero-order chi connectivity index (χ0) is 19.8. The summed E-state index contributed by atoms with van der Waals surface area (Å²) in [5.41, 5.74) is 0.459. The molecule has 0 aliphatic carbocycles. The molecule has 10 heteroatoms. The van der Waals surface area contributed by atoms with Crippen LogP contribution in [0.15, 0.2) is 29.8 Å². The number of nitrogens with one attached hydrogen (secondary N) is 1. The van der Waals surface area contributed by atoms with Gasteiger partial charge in [0.2, 0.25) is 0 Å². The monoisotopic (exact) mass is 452 g/mol. The first-order chi connectivity index (χ1) is 13.4. The molecule has 0 radical (unpaired) electrons. The lowest BCUT2D eigenvalue weighted by atomic mass is 10.1. The van der Waals surface area contributed by atoms with Crippen LogP contribution in [0.4, 0.5) is 10.8 Å². The van der Waals surface area contributed by atoms with Crippen molar-refractivity contribution >= 4 is 80.6 Å². The lowest BCUT2D eigenvalue weighted by Gasteiger charge is -2.28. The van der Waals surface area contributed by atoms with E-state index in [9.17, 15) is 9.59 Å². The van der Waals surface area contributed by atoms with Gasteiger partial charge in [-0.25, -0.2) is 4.98 Å². The molecule has 2 saturated heterocycles. The second kappa shape index (κ2) is 7.79. The number of carbonyl (C=O) groups excluding carboxylic acids is 2. The lowest BCUT2D eigenvalue weighted by molar-refractivity contribution is -0.122. The SMILES string of the molecule is O=C1NC(=S)N(c2ccc(Cl)cc2)C(=O)C1=Cc1sc(N2CCCC2)nc1Cl. The molecule has 6 nitrogen and oxygen atoms in total. The summed E-state index contributed by atoms with van der Waals surface area (Å²) in [5.74, 6) is -1.09. The quantitative estimate of drug-likeness (QED) is 0.434. The Morgan fingerprint density at radius 1 is 1.14 bits per heavy atom. The Morgan fingerprint density at radius 3 is 2.50 bits per heavy atom. The maximum absolute atomic E-state index is 13.0. The van der Waals surface area contributed by atoms with Crippen LogP contribution in [0.3, 0.4) is 0 Å². The zero-order valence-electron chi connectivity index (χ0n) is 14.4. The van der Waals surface area contributed by atoms with E-state index in [4.69, 9.17) is 35.4 Å². The average Bonchev–Trinajstić information content (AvgIpc) is 3.30. The predicted octanol–water partition coefficient (Wildman–Crippen LogP) is 3.88. The van der Waals surface area contributed by atoms with Gasteiger partial charge < -0.3 is 4.90 Å². The number of hydrogen-bond acceptors (Lipinski definition) is 6. The smallest absolute Gasteiger partial charge is 0.270 e. The molecule has 0 unspecified atom stereocenters. The minimum absolute atomic E-state index is 0.0163. The number of amides is 2. The fourth-order valence-electron chi connectivity index (χ4n) is 3.05. The molecule has 2 aliphatic heterocycles. The van der Waals surface area contributed by atoms with E-state index in [0.717, 1.165) is 31.1 Å². The van der Waals surface area contributed by atoms with E-state index in [-0.39, 0.29) is 15.8 Å². The van der Waals surface area contributed by atoms with E-state index in [0.29, 0.717) is 15.6 Å². The van der Waals surface area contributed by atoms with Gasteiger partial charge in [-0.05, 0) is 55.4 Å². The summed E-state index contributed by atoms with van der Waals surface area (Å²) >= 11 is 18.7. The van der Waals surface area contributed by atoms with Gasteiger partial charge in [0.05, 0.1) is 10.6 Å². The Labute approximate surface area is 180 Å². The van der Waals surface area contributed by atoms with Gasteiger partial charge in [0, 0.05) is 18.1 Å². The van der Waals surface area contributed by atoms with Crippen LogP contribution in [0, 0.1) is 0 Å². The van der Waals surface area contributed by atoms with Gasteiger partial charge in [0.25, 0.3) is 11.8 Å². The topological polar surface area (TPSA) is 65.5 Å². The van der Waals surface area contributed by atoms with Crippen LogP contribution in [-0.4, -0.2) is 35.0 Å². The fourth-order valence-corrected chi connectivity index (χ4v) is 4.71. The second-order valence-electron chi connectivity index (χ2n) is 6.28. The van der Waals surface area contributed by atoms with Crippen LogP contribution in [0.25, 0.3) is 6.08 Å². The van der Waals surface area contributed by atoms with Crippen LogP contribution >= 0.6 is 46.8 Å². The van der Waals surface area contributed by atoms with Crippen LogP contribution in [-0.2, 0) is 9.59 Å². The molecule has 0 saturated carbocycles. The number of carbonyl (C=O) groups is 2. The summed E-state index contributed by atoms with van der Waals surface area (Å²) in [7, 11) is 0. The molecule has 2 aromatic rings. The number of rotatable bonds is 3. The zero-order valence-corrected chi connectivity index (χ0v) is 17.6. The van der Waals surface area contributed by atoms with Crippen LogP contribution in [0.5, 0.6) is 0 Å². The maximum Gasteiger partial charge on any atom is 0.270 e. The largest absolute Gasteiger partial charge is 0.348 e. The molecule has 2 fully saturated rings. The molecular formula is C18H14Cl2N4O2S2. The van der Waals surface area contributed by atoms with E-state index in [1.54, 1.807) is 24.3 Å². The van der Waals surface area contributed by atoms with E-state index < -0.39 is 11.8 Å². The number of thiocarbonyl (C=S) groups is 1. The molecule has 0 bridgehead atoms. The summed E-state index contributed by atoms with van der Waals surface area (Å²) in [5, 5.41) is 4.16. The number of aromatic nitrogens is 1. The highest BCUT2D eigenvalue weighted by atomic mass is 35.5. The molecule has 1 aromatic heterocycles. The molecule has 3 heterocycles. The Morgan fingerprint density at radius 2 is 1.82 bits per heavy atom. The molecule has 4 rings (SSSR count). The van der Waals surface area contributed by atoms with Crippen molar-refractivity contribution in [1.82, 2.24) is 10.3 Å². The van der Waals surface area contributed by atoms with Crippen LogP contribution in [0.1, 0.15) is 17.7 Å². The predicted molar refractivity (Wildman–Crippen MR) is 116 cm³/mol. The molecule has 2 aliphatic rings. The molecule has 2 amide bonds. The van der Waals surface area contributed by atoms with Gasteiger partial charge in [0.1, 0.15) is 10.7 Å². The number of anilines is 2. The number of nitrogens with zero attached hydrogens (tertiary/aromatic N) is 3. The van der Waals surface area contributed by atoms with Gasteiger partial charge >= 0.3 is 0 Å². The highest BCUT2D eigenvalue weighted by Crippen LogP contribution is 2.34. The van der Waals surface area contributed by atoms with Crippen LogP contribution in [0.2, 0.25) is 10.2 Å². The van der Waals surface area contributed by atoms with Crippen molar-refractivity contribution in [2.45, 2.75) is 12.8 Å². The molecule has 1 aromatic carbocycles. The minimum atomic E-state index is -0.563. The van der Waals surface area contributed by atoms with Gasteiger partial charge in [-0.15, -0.1) is 0 Å². The van der Waals surface area contributed by atoms with E-state index >= 15 is 0 Å². The lowest BCUT2D eigenvalue weighted by Crippen LogP contribution is -2.54. The third-order valence-electron chi connectivity index (χ3n) is 4.44. The summed E-state index contributed by atoms with van der Waals surface area (Å²) < 4.78 is 0. The first-order valence-corrected chi connectivity index (χ1v) is 10.5. The van der Waals surface area contributed by atoms with E-state index in [1.807, 2.05) is 0 Å². The Balaban J connectivity index is 1.68. The second-order valence-corrected chi connectivity index (χ2v) is 8.47. The summed E-state index contributed by atoms with van der Waals surface area (Å²) in [4.78, 5) is 33.8. The van der Waals surface area contributed by atoms with E-state index in [1.165, 1.54) is 22.3 Å². The van der Waals surface area contributed by atoms with Gasteiger partial charge in [-0.3, -0.25) is 19.8 Å². The van der Waals surface area contributed by atoms with Crippen molar-refractivity contribution < 1.29 is 9.59 Å². The number of hydrogen-bond donors (Lipinski definition) is 1. The summed E-state index contributed by atoms with van der Waals surface area (Å²) in [6.45, 7) is 1.86. The van der Waals surface area contributed by atoms with Gasteiger partial charge in [-0.2, -0.15) is 0 Å². The Kier molecular flexibility index (Phi) is 5.37. The van der Waals surface area contributed by atoms with Crippen molar-refractivity contribution in [2.24, 2.45) is 0 Å².